The quantitative estimate of drug-likeness (QED) is 0.476. The molecule has 2 aliphatic heterocycles. The number of hydrogen-bond donors (Lipinski definition) is 0. The van der Waals surface area contributed by atoms with Gasteiger partial charge in [-0.2, -0.15) is 5.26 Å². The predicted molar refractivity (Wildman–Crippen MR) is 130 cm³/mol. The highest BCUT2D eigenvalue weighted by Crippen LogP contribution is 2.40. The molecule has 0 atom stereocenters. The molecule has 2 aliphatic rings. The van der Waals surface area contributed by atoms with Crippen molar-refractivity contribution in [2.45, 2.75) is 32.1 Å². The zero-order valence-corrected chi connectivity index (χ0v) is 19.6. The van der Waals surface area contributed by atoms with Crippen molar-refractivity contribution in [3.05, 3.63) is 71.3 Å². The van der Waals surface area contributed by atoms with Gasteiger partial charge < -0.3 is 14.7 Å². The van der Waals surface area contributed by atoms with E-state index in [-0.39, 0.29) is 35.9 Å². The Hall–Kier alpha value is -3.66. The van der Waals surface area contributed by atoms with Gasteiger partial charge in [0.05, 0.1) is 11.4 Å². The SMILES string of the molecule is CN1C(=C(C#N)C(=O)CCC(=O)N2CCC(Cc3cccc(F)c3)CC2)N(C)c2ccccc21. The van der Waals surface area contributed by atoms with Crippen LogP contribution in [0, 0.1) is 23.1 Å². The number of carbonyl (C=O) groups excluding carboxylic acids is 2. The molecule has 0 bridgehead atoms. The summed E-state index contributed by atoms with van der Waals surface area (Å²) in [7, 11) is 3.67. The van der Waals surface area contributed by atoms with E-state index in [1.807, 2.05) is 54.2 Å². The smallest absolute Gasteiger partial charge is 0.223 e. The van der Waals surface area contributed by atoms with Crippen LogP contribution in [-0.4, -0.2) is 43.8 Å². The van der Waals surface area contributed by atoms with E-state index in [0.717, 1.165) is 36.2 Å². The molecule has 0 aromatic heterocycles. The molecule has 1 amide bonds. The van der Waals surface area contributed by atoms with Crippen molar-refractivity contribution in [3.8, 4) is 6.07 Å². The summed E-state index contributed by atoms with van der Waals surface area (Å²) in [5, 5.41) is 9.75. The van der Waals surface area contributed by atoms with Crippen LogP contribution >= 0.6 is 0 Å². The number of ketones is 1. The number of anilines is 2. The monoisotopic (exact) mass is 460 g/mol. The van der Waals surface area contributed by atoms with E-state index in [1.165, 1.54) is 6.07 Å². The fraction of sp³-hybridized carbons (Fsp3) is 0.370. The molecule has 7 heteroatoms. The second kappa shape index (κ2) is 10.1. The third kappa shape index (κ3) is 4.81. The molecule has 0 spiro atoms. The molecule has 176 valence electrons. The van der Waals surface area contributed by atoms with Crippen LogP contribution in [0.15, 0.2) is 59.9 Å². The summed E-state index contributed by atoms with van der Waals surface area (Å²) < 4.78 is 13.4. The molecule has 2 aromatic carbocycles. The third-order valence-electron chi connectivity index (χ3n) is 6.80. The number of likely N-dealkylation sites (tertiary alicyclic amines) is 1. The van der Waals surface area contributed by atoms with E-state index in [0.29, 0.717) is 24.8 Å². The maximum absolute atomic E-state index is 13.4. The van der Waals surface area contributed by atoms with Gasteiger partial charge in [-0.15, -0.1) is 0 Å². The van der Waals surface area contributed by atoms with Crippen molar-refractivity contribution in [2.75, 3.05) is 37.0 Å². The summed E-state index contributed by atoms with van der Waals surface area (Å²) >= 11 is 0. The van der Waals surface area contributed by atoms with Crippen LogP contribution in [0.5, 0.6) is 0 Å². The molecule has 0 aliphatic carbocycles. The van der Waals surface area contributed by atoms with Gasteiger partial charge in [0, 0.05) is 40.0 Å². The molecule has 34 heavy (non-hydrogen) atoms. The third-order valence-corrected chi connectivity index (χ3v) is 6.80. The van der Waals surface area contributed by atoms with Gasteiger partial charge in [0.2, 0.25) is 5.91 Å². The Kier molecular flexibility index (Phi) is 6.97. The van der Waals surface area contributed by atoms with Gasteiger partial charge in [0.1, 0.15) is 23.3 Å². The van der Waals surface area contributed by atoms with Crippen molar-refractivity contribution in [2.24, 2.45) is 5.92 Å². The highest BCUT2D eigenvalue weighted by molar-refractivity contribution is 6.03. The predicted octanol–water partition coefficient (Wildman–Crippen LogP) is 4.28. The number of halogens is 1. The number of fused-ring (bicyclic) bond motifs is 1. The first kappa shape index (κ1) is 23.5. The van der Waals surface area contributed by atoms with Crippen LogP contribution in [0.2, 0.25) is 0 Å². The Bertz CT molecular complexity index is 1130. The lowest BCUT2D eigenvalue weighted by atomic mass is 9.90. The molecule has 2 aromatic rings. The zero-order chi connectivity index (χ0) is 24.2. The highest BCUT2D eigenvalue weighted by Gasteiger charge is 2.31. The van der Waals surface area contributed by atoms with E-state index >= 15 is 0 Å². The fourth-order valence-electron chi connectivity index (χ4n) is 4.94. The van der Waals surface area contributed by atoms with E-state index in [1.54, 1.807) is 17.0 Å². The summed E-state index contributed by atoms with van der Waals surface area (Å²) in [6.07, 6.45) is 2.62. The van der Waals surface area contributed by atoms with Gasteiger partial charge in [-0.05, 0) is 55.0 Å². The highest BCUT2D eigenvalue weighted by atomic mass is 19.1. The molecule has 1 saturated heterocycles. The van der Waals surface area contributed by atoms with E-state index < -0.39 is 0 Å². The number of allylic oxidation sites excluding steroid dienone is 1. The number of rotatable bonds is 6. The topological polar surface area (TPSA) is 67.6 Å². The number of nitrogens with zero attached hydrogens (tertiary/aromatic N) is 4. The van der Waals surface area contributed by atoms with Crippen molar-refractivity contribution in [3.63, 3.8) is 0 Å². The number of nitriles is 1. The van der Waals surface area contributed by atoms with Gasteiger partial charge in [-0.25, -0.2) is 4.39 Å². The average molecular weight is 461 g/mol. The molecule has 0 unspecified atom stereocenters. The molecule has 0 saturated carbocycles. The standard InChI is InChI=1S/C27H29FN4O2/c1-30-23-8-3-4-9-24(23)31(2)27(30)22(18-29)25(33)10-11-26(34)32-14-12-19(13-15-32)16-20-6-5-7-21(28)17-20/h3-9,17,19H,10-16H2,1-2H3. The molecule has 1 fully saturated rings. The number of benzene rings is 2. The van der Waals surface area contributed by atoms with Crippen LogP contribution in [0.25, 0.3) is 0 Å². The summed E-state index contributed by atoms with van der Waals surface area (Å²) in [5.41, 5.74) is 2.91. The first-order valence-electron chi connectivity index (χ1n) is 11.6. The molecule has 6 nitrogen and oxygen atoms in total. The molecule has 2 heterocycles. The lowest BCUT2D eigenvalue weighted by Gasteiger charge is -2.32. The second-order valence-electron chi connectivity index (χ2n) is 9.00. The van der Waals surface area contributed by atoms with Crippen LogP contribution in [0.3, 0.4) is 0 Å². The first-order valence-corrected chi connectivity index (χ1v) is 11.6. The van der Waals surface area contributed by atoms with Crippen LogP contribution < -0.4 is 9.80 Å². The Morgan fingerprint density at radius 2 is 1.65 bits per heavy atom. The first-order chi connectivity index (χ1) is 16.4. The van der Waals surface area contributed by atoms with Crippen molar-refractivity contribution in [1.82, 2.24) is 4.90 Å². The Morgan fingerprint density at radius 1 is 1.00 bits per heavy atom. The van der Waals surface area contributed by atoms with Crippen molar-refractivity contribution in [1.29, 1.82) is 5.26 Å². The van der Waals surface area contributed by atoms with Gasteiger partial charge in [0.15, 0.2) is 5.78 Å². The van der Waals surface area contributed by atoms with E-state index in [4.69, 9.17) is 0 Å². The number of piperidine rings is 1. The van der Waals surface area contributed by atoms with Crippen LogP contribution in [0.1, 0.15) is 31.2 Å². The normalized spacial score (nSPS) is 15.8. The van der Waals surface area contributed by atoms with Crippen molar-refractivity contribution >= 4 is 23.1 Å². The molecule has 0 N–H and O–H groups in total. The second-order valence-corrected chi connectivity index (χ2v) is 9.00. The van der Waals surface area contributed by atoms with E-state index in [9.17, 15) is 19.2 Å². The Morgan fingerprint density at radius 3 is 2.24 bits per heavy atom. The molecular formula is C27H29FN4O2. The maximum Gasteiger partial charge on any atom is 0.223 e. The lowest BCUT2D eigenvalue weighted by molar-refractivity contribution is -0.134. The minimum atomic E-state index is -0.321. The molecule has 4 rings (SSSR count). The fourth-order valence-corrected chi connectivity index (χ4v) is 4.94. The number of para-hydroxylation sites is 2. The summed E-state index contributed by atoms with van der Waals surface area (Å²) in [6, 6.07) is 16.5. The number of hydrogen-bond acceptors (Lipinski definition) is 5. The van der Waals surface area contributed by atoms with Crippen LogP contribution in [0.4, 0.5) is 15.8 Å². The summed E-state index contributed by atoms with van der Waals surface area (Å²) in [5.74, 6) is 0.353. The Balaban J connectivity index is 1.32. The van der Waals surface area contributed by atoms with Gasteiger partial charge in [-0.1, -0.05) is 24.3 Å². The lowest BCUT2D eigenvalue weighted by Crippen LogP contribution is -2.39. The minimum Gasteiger partial charge on any atom is -0.343 e. The Labute approximate surface area is 199 Å². The van der Waals surface area contributed by atoms with Crippen LogP contribution in [-0.2, 0) is 16.0 Å². The number of carbonyl (C=O) groups is 2. The van der Waals surface area contributed by atoms with Gasteiger partial charge in [-0.3, -0.25) is 9.59 Å². The van der Waals surface area contributed by atoms with Gasteiger partial charge >= 0.3 is 0 Å². The molecular weight excluding hydrogens is 431 g/mol. The maximum atomic E-state index is 13.4. The van der Waals surface area contributed by atoms with Gasteiger partial charge in [0.25, 0.3) is 0 Å². The number of Topliss-reactive ketones (excluding diaryl/α,β-unsaturated/α-hetero) is 1. The zero-order valence-electron chi connectivity index (χ0n) is 19.6. The van der Waals surface area contributed by atoms with Crippen molar-refractivity contribution < 1.29 is 14.0 Å². The summed E-state index contributed by atoms with van der Waals surface area (Å²) in [6.45, 7) is 1.28. The average Bonchev–Trinajstić information content (AvgIpc) is 3.09. The van der Waals surface area contributed by atoms with E-state index in [2.05, 4.69) is 6.07 Å². The molecule has 0 radical (unpaired) electrons. The largest absolute Gasteiger partial charge is 0.343 e. The number of amides is 1. The minimum absolute atomic E-state index is 0.00642. The summed E-state index contributed by atoms with van der Waals surface area (Å²) in [4.78, 5) is 31.2.